The third-order valence-corrected chi connectivity index (χ3v) is 5.34. The number of fused-ring (bicyclic) bond motifs is 1. The topological polar surface area (TPSA) is 94.5 Å². The summed E-state index contributed by atoms with van der Waals surface area (Å²) < 4.78 is 13.7. The summed E-state index contributed by atoms with van der Waals surface area (Å²) in [5.74, 6) is 1.22. The Morgan fingerprint density at radius 2 is 1.96 bits per heavy atom. The summed E-state index contributed by atoms with van der Waals surface area (Å²) in [6.07, 6.45) is 1.73. The zero-order valence-corrected chi connectivity index (χ0v) is 16.4. The van der Waals surface area contributed by atoms with E-state index in [4.69, 9.17) is 9.26 Å². The largest absolute Gasteiger partial charge is 0.494 e. The molecule has 9 heteroatoms. The second-order valence-corrected chi connectivity index (χ2v) is 7.09. The Morgan fingerprint density at radius 3 is 2.61 bits per heavy atom. The molecule has 148 valence electrons. The van der Waals surface area contributed by atoms with E-state index in [2.05, 4.69) is 10.5 Å². The van der Waals surface area contributed by atoms with Gasteiger partial charge < -0.3 is 19.5 Å². The van der Waals surface area contributed by atoms with Crippen LogP contribution in [0, 0.1) is 6.92 Å². The Kier molecular flexibility index (Phi) is 4.37. The van der Waals surface area contributed by atoms with Crippen LogP contribution in [0.2, 0.25) is 0 Å². The Bertz CT molecular complexity index is 1110. The van der Waals surface area contributed by atoms with E-state index in [1.807, 2.05) is 13.0 Å². The number of nitrogens with one attached hydrogen (secondary N) is 1. The number of benzene rings is 1. The van der Waals surface area contributed by atoms with Gasteiger partial charge in [-0.1, -0.05) is 5.16 Å². The molecule has 1 N–H and O–H groups in total. The zero-order chi connectivity index (χ0) is 20.0. The van der Waals surface area contributed by atoms with Crippen LogP contribution >= 0.6 is 0 Å². The van der Waals surface area contributed by atoms with E-state index >= 15 is 0 Å². The fourth-order valence-electron chi connectivity index (χ4n) is 3.84. The molecule has 28 heavy (non-hydrogen) atoms. The van der Waals surface area contributed by atoms with Crippen LogP contribution in [0.5, 0.6) is 5.75 Å². The number of aromatic nitrogens is 3. The maximum Gasteiger partial charge on any atom is 0.328 e. The first-order chi connectivity index (χ1) is 13.4. The number of rotatable bonds is 3. The summed E-state index contributed by atoms with van der Waals surface area (Å²) in [6.45, 7) is 2.47. The third-order valence-electron chi connectivity index (χ3n) is 5.34. The number of ether oxygens (including phenoxy) is 1. The number of aryl methyl sites for hydroxylation is 3. The maximum atomic E-state index is 13.0. The van der Waals surface area contributed by atoms with Gasteiger partial charge in [-0.3, -0.25) is 9.13 Å². The van der Waals surface area contributed by atoms with Crippen molar-refractivity contribution in [2.24, 2.45) is 14.1 Å². The van der Waals surface area contributed by atoms with Crippen LogP contribution in [0.4, 0.5) is 10.5 Å². The molecule has 0 aliphatic carbocycles. The second kappa shape index (κ2) is 6.74. The zero-order valence-electron chi connectivity index (χ0n) is 16.4. The maximum absolute atomic E-state index is 13.0. The molecule has 0 radical (unpaired) electrons. The number of carbonyl (C=O) groups excluding carboxylic acids is 1. The van der Waals surface area contributed by atoms with Gasteiger partial charge in [0, 0.05) is 32.8 Å². The van der Waals surface area contributed by atoms with Crippen molar-refractivity contribution in [2.45, 2.75) is 25.8 Å². The van der Waals surface area contributed by atoms with Crippen molar-refractivity contribution in [1.82, 2.24) is 19.2 Å². The fraction of sp³-hybridized carbons (Fsp3) is 0.421. The van der Waals surface area contributed by atoms with Gasteiger partial charge in [-0.15, -0.1) is 0 Å². The molecule has 9 nitrogen and oxygen atoms in total. The van der Waals surface area contributed by atoms with Crippen molar-refractivity contribution in [3.05, 3.63) is 40.1 Å². The van der Waals surface area contributed by atoms with Crippen molar-refractivity contribution in [2.75, 3.05) is 19.0 Å². The standard InChI is InChI=1S/C19H23N5O4/c1-11-8-12(21-28-11)14-6-5-7-24(14)18(25)20-13-9-15-16(10-17(13)27-4)23(3)19(26)22(15)2/h8-10,14H,5-7H2,1-4H3,(H,20,25)/t14-/m1/s1. The number of methoxy groups -OCH3 is 1. The Morgan fingerprint density at radius 1 is 1.25 bits per heavy atom. The highest BCUT2D eigenvalue weighted by Crippen LogP contribution is 2.34. The predicted molar refractivity (Wildman–Crippen MR) is 104 cm³/mol. The minimum atomic E-state index is -0.235. The van der Waals surface area contributed by atoms with E-state index in [1.54, 1.807) is 40.3 Å². The van der Waals surface area contributed by atoms with Crippen LogP contribution in [0.1, 0.15) is 30.3 Å². The molecule has 0 unspecified atom stereocenters. The summed E-state index contributed by atoms with van der Waals surface area (Å²) in [5, 5.41) is 7.01. The quantitative estimate of drug-likeness (QED) is 0.748. The van der Waals surface area contributed by atoms with Gasteiger partial charge in [-0.2, -0.15) is 0 Å². The van der Waals surface area contributed by atoms with Gasteiger partial charge >= 0.3 is 11.7 Å². The summed E-state index contributed by atoms with van der Waals surface area (Å²) in [4.78, 5) is 27.0. The molecule has 1 atom stereocenters. The number of urea groups is 1. The smallest absolute Gasteiger partial charge is 0.328 e. The molecule has 3 aromatic rings. The summed E-state index contributed by atoms with van der Waals surface area (Å²) in [5.41, 5.74) is 2.59. The predicted octanol–water partition coefficient (Wildman–Crippen LogP) is 2.55. The number of nitrogens with zero attached hydrogens (tertiary/aromatic N) is 4. The van der Waals surface area contributed by atoms with E-state index < -0.39 is 0 Å². The molecule has 2 amide bonds. The molecule has 4 rings (SSSR count). The minimum Gasteiger partial charge on any atom is -0.494 e. The average molecular weight is 385 g/mol. The fourth-order valence-corrected chi connectivity index (χ4v) is 3.84. The molecule has 0 bridgehead atoms. The molecule has 1 aliphatic rings. The van der Waals surface area contributed by atoms with Crippen molar-refractivity contribution in [1.29, 1.82) is 0 Å². The highest BCUT2D eigenvalue weighted by atomic mass is 16.5. The molecule has 1 fully saturated rings. The van der Waals surface area contributed by atoms with E-state index in [9.17, 15) is 9.59 Å². The van der Waals surface area contributed by atoms with Crippen molar-refractivity contribution >= 4 is 22.8 Å². The van der Waals surface area contributed by atoms with Gasteiger partial charge in [0.2, 0.25) is 0 Å². The van der Waals surface area contributed by atoms with Gasteiger partial charge in [0.05, 0.1) is 29.9 Å². The van der Waals surface area contributed by atoms with Crippen molar-refractivity contribution < 1.29 is 14.1 Å². The third kappa shape index (κ3) is 2.83. The number of hydrogen-bond donors (Lipinski definition) is 1. The Labute approximate surface area is 161 Å². The molecular formula is C19H23N5O4. The molecule has 1 saturated heterocycles. The molecule has 1 aliphatic heterocycles. The number of carbonyl (C=O) groups is 1. The van der Waals surface area contributed by atoms with Gasteiger partial charge in [-0.05, 0) is 25.8 Å². The lowest BCUT2D eigenvalue weighted by Gasteiger charge is -2.24. The van der Waals surface area contributed by atoms with E-state index in [0.29, 0.717) is 23.5 Å². The SMILES string of the molecule is COc1cc2c(cc1NC(=O)N1CCC[C@@H]1c1cc(C)on1)n(C)c(=O)n2C. The summed E-state index contributed by atoms with van der Waals surface area (Å²) in [7, 11) is 4.94. The second-order valence-electron chi connectivity index (χ2n) is 7.09. The van der Waals surface area contributed by atoms with Crippen LogP contribution in [-0.2, 0) is 14.1 Å². The molecule has 0 spiro atoms. The average Bonchev–Trinajstić information content (AvgIpc) is 3.38. The van der Waals surface area contributed by atoms with Gasteiger partial charge in [0.15, 0.2) is 0 Å². The lowest BCUT2D eigenvalue weighted by Crippen LogP contribution is -2.34. The normalized spacial score (nSPS) is 16.7. The summed E-state index contributed by atoms with van der Waals surface area (Å²) >= 11 is 0. The molecule has 0 saturated carbocycles. The van der Waals surface area contributed by atoms with E-state index in [1.165, 1.54) is 7.11 Å². The monoisotopic (exact) mass is 385 g/mol. The highest BCUT2D eigenvalue weighted by molar-refractivity contribution is 5.95. The van der Waals surface area contributed by atoms with Crippen LogP contribution in [0.25, 0.3) is 11.0 Å². The van der Waals surface area contributed by atoms with Crippen LogP contribution in [0.3, 0.4) is 0 Å². The summed E-state index contributed by atoms with van der Waals surface area (Å²) in [6, 6.07) is 5.03. The minimum absolute atomic E-state index is 0.117. The van der Waals surface area contributed by atoms with Gasteiger partial charge in [0.1, 0.15) is 17.2 Å². The van der Waals surface area contributed by atoms with Crippen LogP contribution in [0.15, 0.2) is 27.5 Å². The number of likely N-dealkylation sites (tertiary alicyclic amines) is 1. The highest BCUT2D eigenvalue weighted by Gasteiger charge is 2.32. The first-order valence-electron chi connectivity index (χ1n) is 9.15. The molecule has 1 aromatic carbocycles. The first kappa shape index (κ1) is 18.1. The van der Waals surface area contributed by atoms with E-state index in [-0.39, 0.29) is 17.8 Å². The number of anilines is 1. The Balaban J connectivity index is 1.66. The first-order valence-corrected chi connectivity index (χ1v) is 9.15. The lowest BCUT2D eigenvalue weighted by atomic mass is 10.1. The number of imidazole rings is 1. The molecule has 2 aromatic heterocycles. The molecular weight excluding hydrogens is 362 g/mol. The number of hydrogen-bond acceptors (Lipinski definition) is 5. The van der Waals surface area contributed by atoms with Crippen LogP contribution < -0.4 is 15.7 Å². The van der Waals surface area contributed by atoms with Gasteiger partial charge in [0.25, 0.3) is 0 Å². The van der Waals surface area contributed by atoms with Crippen molar-refractivity contribution in [3.8, 4) is 5.75 Å². The lowest BCUT2D eigenvalue weighted by molar-refractivity contribution is 0.204. The molecule has 3 heterocycles. The van der Waals surface area contributed by atoms with Crippen LogP contribution in [-0.4, -0.2) is 38.9 Å². The van der Waals surface area contributed by atoms with Crippen molar-refractivity contribution in [3.63, 3.8) is 0 Å². The van der Waals surface area contributed by atoms with Gasteiger partial charge in [-0.25, -0.2) is 9.59 Å². The van der Waals surface area contributed by atoms with E-state index in [0.717, 1.165) is 29.8 Å². The Hall–Kier alpha value is -3.23. The number of amides is 2.